The maximum Gasteiger partial charge on any atom is 0.180 e. The van der Waals surface area contributed by atoms with Crippen molar-refractivity contribution in [1.82, 2.24) is 9.88 Å². The predicted octanol–water partition coefficient (Wildman–Crippen LogP) is 3.14. The lowest BCUT2D eigenvalue weighted by Gasteiger charge is -2.25. The average molecular weight is 261 g/mol. The molecule has 0 radical (unpaired) electrons. The molecule has 0 bridgehead atoms. The summed E-state index contributed by atoms with van der Waals surface area (Å²) in [7, 11) is 0. The molecule has 0 amide bonds. The van der Waals surface area contributed by atoms with Crippen LogP contribution in [0.2, 0.25) is 0 Å². The second-order valence-electron chi connectivity index (χ2n) is 4.66. The van der Waals surface area contributed by atoms with Gasteiger partial charge in [-0.15, -0.1) is 11.3 Å². The maximum absolute atomic E-state index is 5.67. The smallest absolute Gasteiger partial charge is 0.180 e. The standard InChI is InChI=1S/C14H19N3S/c1-11(2)17(8-12-6-4-3-5-7-12)9-13-10-18-14(15)16-13/h3-7,10-11H,8-9H2,1-2H3,(H2,15,16). The molecular weight excluding hydrogens is 242 g/mol. The highest BCUT2D eigenvalue weighted by Gasteiger charge is 2.12. The van der Waals surface area contributed by atoms with E-state index in [1.165, 1.54) is 16.9 Å². The van der Waals surface area contributed by atoms with E-state index in [1.54, 1.807) is 0 Å². The van der Waals surface area contributed by atoms with Crippen LogP contribution in [0.1, 0.15) is 25.1 Å². The number of nitrogens with zero attached hydrogens (tertiary/aromatic N) is 2. The van der Waals surface area contributed by atoms with Crippen LogP contribution in [-0.2, 0) is 13.1 Å². The lowest BCUT2D eigenvalue weighted by atomic mass is 10.2. The van der Waals surface area contributed by atoms with Gasteiger partial charge in [0.15, 0.2) is 5.13 Å². The van der Waals surface area contributed by atoms with Gasteiger partial charge in [0.1, 0.15) is 0 Å². The molecule has 96 valence electrons. The molecule has 0 unspecified atom stereocenters. The van der Waals surface area contributed by atoms with Gasteiger partial charge in [0, 0.05) is 24.5 Å². The van der Waals surface area contributed by atoms with Crippen molar-refractivity contribution in [2.45, 2.75) is 33.0 Å². The number of nitrogens with two attached hydrogens (primary N) is 1. The van der Waals surface area contributed by atoms with Gasteiger partial charge in [0.25, 0.3) is 0 Å². The molecule has 0 aliphatic rings. The number of hydrogen-bond acceptors (Lipinski definition) is 4. The first kappa shape index (κ1) is 13.1. The van der Waals surface area contributed by atoms with Gasteiger partial charge in [-0.2, -0.15) is 0 Å². The lowest BCUT2D eigenvalue weighted by Crippen LogP contribution is -2.29. The van der Waals surface area contributed by atoms with Gasteiger partial charge in [-0.05, 0) is 19.4 Å². The highest BCUT2D eigenvalue weighted by atomic mass is 32.1. The average Bonchev–Trinajstić information content (AvgIpc) is 2.75. The van der Waals surface area contributed by atoms with Crippen molar-refractivity contribution in [2.75, 3.05) is 5.73 Å². The Hall–Kier alpha value is -1.39. The first-order valence-electron chi connectivity index (χ1n) is 6.13. The monoisotopic (exact) mass is 261 g/mol. The zero-order valence-corrected chi connectivity index (χ0v) is 11.7. The fourth-order valence-electron chi connectivity index (χ4n) is 1.84. The maximum atomic E-state index is 5.67. The summed E-state index contributed by atoms with van der Waals surface area (Å²) in [4.78, 5) is 6.72. The largest absolute Gasteiger partial charge is 0.375 e. The molecule has 0 fully saturated rings. The molecule has 1 aromatic carbocycles. The molecule has 18 heavy (non-hydrogen) atoms. The minimum Gasteiger partial charge on any atom is -0.375 e. The summed E-state index contributed by atoms with van der Waals surface area (Å²) in [6.45, 7) is 6.20. The molecular formula is C14H19N3S. The van der Waals surface area contributed by atoms with Gasteiger partial charge < -0.3 is 5.73 Å². The summed E-state index contributed by atoms with van der Waals surface area (Å²) < 4.78 is 0. The van der Waals surface area contributed by atoms with E-state index in [9.17, 15) is 0 Å². The van der Waals surface area contributed by atoms with Gasteiger partial charge in [0.05, 0.1) is 5.69 Å². The number of aromatic nitrogens is 1. The number of hydrogen-bond donors (Lipinski definition) is 1. The Morgan fingerprint density at radius 1 is 1.22 bits per heavy atom. The lowest BCUT2D eigenvalue weighted by molar-refractivity contribution is 0.201. The van der Waals surface area contributed by atoms with Gasteiger partial charge in [-0.3, -0.25) is 4.90 Å². The van der Waals surface area contributed by atoms with Crippen LogP contribution in [0, 0.1) is 0 Å². The molecule has 2 N–H and O–H groups in total. The summed E-state index contributed by atoms with van der Waals surface area (Å²) in [5, 5.41) is 2.68. The number of rotatable bonds is 5. The summed E-state index contributed by atoms with van der Waals surface area (Å²) in [5.74, 6) is 0. The fraction of sp³-hybridized carbons (Fsp3) is 0.357. The van der Waals surface area contributed by atoms with E-state index in [4.69, 9.17) is 5.73 Å². The minimum atomic E-state index is 0.480. The molecule has 4 heteroatoms. The third kappa shape index (κ3) is 3.55. The second kappa shape index (κ2) is 5.98. The summed E-state index contributed by atoms with van der Waals surface area (Å²) in [6, 6.07) is 11.0. The SMILES string of the molecule is CC(C)N(Cc1ccccc1)Cc1csc(N)n1. The molecule has 0 saturated carbocycles. The predicted molar refractivity (Wildman–Crippen MR) is 77.4 cm³/mol. The van der Waals surface area contributed by atoms with E-state index in [0.717, 1.165) is 18.8 Å². The van der Waals surface area contributed by atoms with Crippen LogP contribution in [0.25, 0.3) is 0 Å². The number of thiazole rings is 1. The molecule has 0 aliphatic heterocycles. The van der Waals surface area contributed by atoms with E-state index in [-0.39, 0.29) is 0 Å². The van der Waals surface area contributed by atoms with E-state index < -0.39 is 0 Å². The molecule has 2 aromatic rings. The second-order valence-corrected chi connectivity index (χ2v) is 5.55. The van der Waals surface area contributed by atoms with Gasteiger partial charge in [-0.1, -0.05) is 30.3 Å². The topological polar surface area (TPSA) is 42.1 Å². The minimum absolute atomic E-state index is 0.480. The highest BCUT2D eigenvalue weighted by Crippen LogP contribution is 2.16. The van der Waals surface area contributed by atoms with Gasteiger partial charge in [-0.25, -0.2) is 4.98 Å². The van der Waals surface area contributed by atoms with Crippen molar-refractivity contribution in [3.8, 4) is 0 Å². The Kier molecular flexibility index (Phi) is 4.33. The van der Waals surface area contributed by atoms with Crippen LogP contribution in [-0.4, -0.2) is 15.9 Å². The fourth-order valence-corrected chi connectivity index (χ4v) is 2.40. The van der Waals surface area contributed by atoms with E-state index in [0.29, 0.717) is 11.2 Å². The van der Waals surface area contributed by atoms with Crippen LogP contribution >= 0.6 is 11.3 Å². The molecule has 0 aliphatic carbocycles. The molecule has 1 heterocycles. The van der Waals surface area contributed by atoms with E-state index in [2.05, 4.69) is 48.0 Å². The summed E-state index contributed by atoms with van der Waals surface area (Å²) >= 11 is 1.50. The Morgan fingerprint density at radius 3 is 2.50 bits per heavy atom. The summed E-state index contributed by atoms with van der Waals surface area (Å²) in [6.07, 6.45) is 0. The van der Waals surface area contributed by atoms with Crippen LogP contribution in [0.3, 0.4) is 0 Å². The van der Waals surface area contributed by atoms with Crippen molar-refractivity contribution in [3.63, 3.8) is 0 Å². The first-order valence-corrected chi connectivity index (χ1v) is 7.01. The third-order valence-corrected chi connectivity index (χ3v) is 3.62. The first-order chi connectivity index (χ1) is 8.65. The van der Waals surface area contributed by atoms with Crippen LogP contribution < -0.4 is 5.73 Å². The Balaban J connectivity index is 2.05. The number of anilines is 1. The number of benzene rings is 1. The Bertz CT molecular complexity index is 479. The van der Waals surface area contributed by atoms with Crippen molar-refractivity contribution in [2.24, 2.45) is 0 Å². The molecule has 3 nitrogen and oxygen atoms in total. The van der Waals surface area contributed by atoms with Crippen molar-refractivity contribution < 1.29 is 0 Å². The Labute approximate surface area is 112 Å². The summed E-state index contributed by atoms with van der Waals surface area (Å²) in [5.41, 5.74) is 8.06. The normalized spacial score (nSPS) is 11.3. The quantitative estimate of drug-likeness (QED) is 0.899. The van der Waals surface area contributed by atoms with E-state index in [1.807, 2.05) is 11.4 Å². The Morgan fingerprint density at radius 2 is 1.94 bits per heavy atom. The third-order valence-electron chi connectivity index (χ3n) is 2.89. The van der Waals surface area contributed by atoms with Gasteiger partial charge >= 0.3 is 0 Å². The molecule has 0 saturated heterocycles. The van der Waals surface area contributed by atoms with Crippen molar-refractivity contribution >= 4 is 16.5 Å². The van der Waals surface area contributed by atoms with Crippen LogP contribution in [0.4, 0.5) is 5.13 Å². The highest BCUT2D eigenvalue weighted by molar-refractivity contribution is 7.13. The van der Waals surface area contributed by atoms with Crippen LogP contribution in [0.15, 0.2) is 35.7 Å². The molecule has 0 atom stereocenters. The van der Waals surface area contributed by atoms with Crippen LogP contribution in [0.5, 0.6) is 0 Å². The van der Waals surface area contributed by atoms with Crippen molar-refractivity contribution in [3.05, 3.63) is 47.0 Å². The number of nitrogen functional groups attached to an aromatic ring is 1. The zero-order valence-electron chi connectivity index (χ0n) is 10.8. The molecule has 1 aromatic heterocycles. The molecule has 0 spiro atoms. The molecule has 2 rings (SSSR count). The van der Waals surface area contributed by atoms with E-state index >= 15 is 0 Å². The zero-order chi connectivity index (χ0) is 13.0. The van der Waals surface area contributed by atoms with Crippen molar-refractivity contribution in [1.29, 1.82) is 0 Å². The van der Waals surface area contributed by atoms with Gasteiger partial charge in [0.2, 0.25) is 0 Å².